The molecule has 2 aliphatic carbocycles. The van der Waals surface area contributed by atoms with Crippen molar-refractivity contribution in [3.63, 3.8) is 0 Å². The van der Waals surface area contributed by atoms with Crippen molar-refractivity contribution in [1.82, 2.24) is 5.32 Å². The van der Waals surface area contributed by atoms with Crippen LogP contribution >= 0.6 is 0 Å². The van der Waals surface area contributed by atoms with E-state index in [2.05, 4.69) is 12.2 Å². The van der Waals surface area contributed by atoms with Crippen LogP contribution in [-0.4, -0.2) is 26.8 Å². The summed E-state index contributed by atoms with van der Waals surface area (Å²) in [5, 5.41) is 3.53. The van der Waals surface area contributed by atoms with Crippen molar-refractivity contribution >= 4 is 0 Å². The van der Waals surface area contributed by atoms with Crippen LogP contribution in [0.15, 0.2) is 0 Å². The van der Waals surface area contributed by atoms with Crippen LogP contribution in [-0.2, 0) is 4.74 Å². The maximum atomic E-state index is 5.05. The average Bonchev–Trinajstić information content (AvgIpc) is 2.97. The predicted molar refractivity (Wildman–Crippen MR) is 67.5 cm³/mol. The van der Waals surface area contributed by atoms with E-state index in [1.165, 1.54) is 45.1 Å². The first kappa shape index (κ1) is 12.4. The standard InChI is InChI=1S/C14H27NO/c1-3-12-5-4-6-14(9-12)10-13(14)11-15-7-8-16-2/h12-13,15H,3-11H2,1-2H3. The molecule has 0 bridgehead atoms. The first-order chi connectivity index (χ1) is 7.80. The molecule has 2 rings (SSSR count). The molecule has 0 amide bonds. The van der Waals surface area contributed by atoms with Gasteiger partial charge in [0.1, 0.15) is 0 Å². The maximum Gasteiger partial charge on any atom is 0.0587 e. The fourth-order valence-corrected chi connectivity index (χ4v) is 3.60. The second kappa shape index (κ2) is 5.50. The Balaban J connectivity index is 1.67. The van der Waals surface area contributed by atoms with Crippen LogP contribution in [0.1, 0.15) is 45.4 Å². The van der Waals surface area contributed by atoms with Crippen molar-refractivity contribution < 1.29 is 4.74 Å². The van der Waals surface area contributed by atoms with Crippen molar-refractivity contribution in [2.75, 3.05) is 26.8 Å². The van der Waals surface area contributed by atoms with Gasteiger partial charge in [0.25, 0.3) is 0 Å². The number of ether oxygens (including phenoxy) is 1. The minimum absolute atomic E-state index is 0.763. The Kier molecular flexibility index (Phi) is 4.26. The zero-order valence-corrected chi connectivity index (χ0v) is 10.9. The summed E-state index contributed by atoms with van der Waals surface area (Å²) in [6.45, 7) is 5.44. The second-order valence-electron chi connectivity index (χ2n) is 5.83. The molecule has 16 heavy (non-hydrogen) atoms. The lowest BCUT2D eigenvalue weighted by molar-refractivity contribution is 0.195. The highest BCUT2D eigenvalue weighted by Crippen LogP contribution is 2.62. The van der Waals surface area contributed by atoms with Gasteiger partial charge in [0.2, 0.25) is 0 Å². The lowest BCUT2D eigenvalue weighted by Gasteiger charge is -2.29. The summed E-state index contributed by atoms with van der Waals surface area (Å²) >= 11 is 0. The Hall–Kier alpha value is -0.0800. The number of methoxy groups -OCH3 is 1. The molecule has 94 valence electrons. The van der Waals surface area contributed by atoms with Gasteiger partial charge in [0.05, 0.1) is 6.61 Å². The predicted octanol–water partition coefficient (Wildman–Crippen LogP) is 2.83. The van der Waals surface area contributed by atoms with E-state index in [1.807, 2.05) is 0 Å². The summed E-state index contributed by atoms with van der Waals surface area (Å²) in [5.41, 5.74) is 0.763. The van der Waals surface area contributed by atoms with Crippen LogP contribution < -0.4 is 5.32 Å². The topological polar surface area (TPSA) is 21.3 Å². The SMILES string of the molecule is CCC1CCCC2(C1)CC2CNCCOC. The third kappa shape index (κ3) is 2.78. The molecule has 0 aliphatic heterocycles. The molecule has 2 saturated carbocycles. The molecule has 0 heterocycles. The molecule has 0 aromatic carbocycles. The number of hydrogen-bond donors (Lipinski definition) is 1. The van der Waals surface area contributed by atoms with E-state index in [1.54, 1.807) is 7.11 Å². The van der Waals surface area contributed by atoms with Crippen molar-refractivity contribution in [1.29, 1.82) is 0 Å². The molecule has 3 unspecified atom stereocenters. The van der Waals surface area contributed by atoms with Crippen molar-refractivity contribution in [3.8, 4) is 0 Å². The van der Waals surface area contributed by atoms with E-state index in [0.29, 0.717) is 0 Å². The van der Waals surface area contributed by atoms with E-state index in [4.69, 9.17) is 4.74 Å². The van der Waals surface area contributed by atoms with E-state index >= 15 is 0 Å². The number of hydrogen-bond acceptors (Lipinski definition) is 2. The second-order valence-corrected chi connectivity index (χ2v) is 5.83. The zero-order chi connectivity index (χ0) is 11.4. The van der Waals surface area contributed by atoms with Crippen LogP contribution in [0.25, 0.3) is 0 Å². The fraction of sp³-hybridized carbons (Fsp3) is 1.00. The van der Waals surface area contributed by atoms with Crippen molar-refractivity contribution in [2.24, 2.45) is 17.3 Å². The van der Waals surface area contributed by atoms with Gasteiger partial charge in [-0.15, -0.1) is 0 Å². The van der Waals surface area contributed by atoms with Gasteiger partial charge in [-0.2, -0.15) is 0 Å². The van der Waals surface area contributed by atoms with Crippen LogP contribution in [0.5, 0.6) is 0 Å². The quantitative estimate of drug-likeness (QED) is 0.702. The molecule has 0 saturated heterocycles. The monoisotopic (exact) mass is 225 g/mol. The van der Waals surface area contributed by atoms with Gasteiger partial charge >= 0.3 is 0 Å². The molecule has 1 N–H and O–H groups in total. The molecule has 3 atom stereocenters. The van der Waals surface area contributed by atoms with Crippen LogP contribution in [0.2, 0.25) is 0 Å². The molecule has 2 fully saturated rings. The number of nitrogens with one attached hydrogen (secondary N) is 1. The van der Waals surface area contributed by atoms with Gasteiger partial charge < -0.3 is 10.1 Å². The van der Waals surface area contributed by atoms with Crippen LogP contribution in [0.4, 0.5) is 0 Å². The normalized spacial score (nSPS) is 37.9. The molecule has 0 radical (unpaired) electrons. The summed E-state index contributed by atoms with van der Waals surface area (Å²) in [7, 11) is 1.77. The minimum atomic E-state index is 0.763. The lowest BCUT2D eigenvalue weighted by atomic mass is 9.76. The van der Waals surface area contributed by atoms with Crippen molar-refractivity contribution in [2.45, 2.75) is 45.4 Å². The van der Waals surface area contributed by atoms with Crippen LogP contribution in [0.3, 0.4) is 0 Å². The zero-order valence-electron chi connectivity index (χ0n) is 10.9. The Morgan fingerprint density at radius 3 is 3.00 bits per heavy atom. The van der Waals surface area contributed by atoms with E-state index in [9.17, 15) is 0 Å². The van der Waals surface area contributed by atoms with Gasteiger partial charge in [-0.1, -0.05) is 26.2 Å². The minimum Gasteiger partial charge on any atom is -0.383 e. The molecule has 0 aromatic heterocycles. The summed E-state index contributed by atoms with van der Waals surface area (Å²) in [4.78, 5) is 0. The summed E-state index contributed by atoms with van der Waals surface area (Å²) < 4.78 is 5.05. The van der Waals surface area contributed by atoms with Gasteiger partial charge in [0, 0.05) is 13.7 Å². The summed E-state index contributed by atoms with van der Waals surface area (Å²) in [6, 6.07) is 0. The summed E-state index contributed by atoms with van der Waals surface area (Å²) in [6.07, 6.45) is 8.87. The van der Waals surface area contributed by atoms with Crippen LogP contribution in [0, 0.1) is 17.3 Å². The number of rotatable bonds is 6. The highest BCUT2D eigenvalue weighted by atomic mass is 16.5. The third-order valence-electron chi connectivity index (χ3n) is 4.79. The maximum absolute atomic E-state index is 5.05. The average molecular weight is 225 g/mol. The molecule has 2 heteroatoms. The molecular formula is C14H27NO. The smallest absolute Gasteiger partial charge is 0.0587 e. The molecule has 2 nitrogen and oxygen atoms in total. The highest BCUT2D eigenvalue weighted by molar-refractivity contribution is 5.05. The Labute approximate surface area is 100 Å². The van der Waals surface area contributed by atoms with Gasteiger partial charge in [-0.25, -0.2) is 0 Å². The van der Waals surface area contributed by atoms with E-state index < -0.39 is 0 Å². The first-order valence-electron chi connectivity index (χ1n) is 7.00. The van der Waals surface area contributed by atoms with E-state index in [0.717, 1.165) is 30.4 Å². The Morgan fingerprint density at radius 2 is 2.25 bits per heavy atom. The lowest BCUT2D eigenvalue weighted by Crippen LogP contribution is -2.25. The molecule has 1 spiro atoms. The summed E-state index contributed by atoms with van der Waals surface area (Å²) in [5.74, 6) is 2.00. The molecule has 0 aromatic rings. The third-order valence-corrected chi connectivity index (χ3v) is 4.79. The van der Waals surface area contributed by atoms with Gasteiger partial charge in [-0.3, -0.25) is 0 Å². The first-order valence-corrected chi connectivity index (χ1v) is 7.00. The molecule has 2 aliphatic rings. The highest BCUT2D eigenvalue weighted by Gasteiger charge is 2.54. The Bertz CT molecular complexity index is 219. The fourth-order valence-electron chi connectivity index (χ4n) is 3.60. The van der Waals surface area contributed by atoms with Crippen molar-refractivity contribution in [3.05, 3.63) is 0 Å². The molecular weight excluding hydrogens is 198 g/mol. The Morgan fingerprint density at radius 1 is 1.38 bits per heavy atom. The van der Waals surface area contributed by atoms with Gasteiger partial charge in [0.15, 0.2) is 0 Å². The van der Waals surface area contributed by atoms with Gasteiger partial charge in [-0.05, 0) is 43.1 Å². The van der Waals surface area contributed by atoms with E-state index in [-0.39, 0.29) is 0 Å². The largest absolute Gasteiger partial charge is 0.383 e.